The summed E-state index contributed by atoms with van der Waals surface area (Å²) in [6.45, 7) is 4.45. The van der Waals surface area contributed by atoms with E-state index in [1.807, 2.05) is 24.5 Å². The Morgan fingerprint density at radius 1 is 1.53 bits per heavy atom. The van der Waals surface area contributed by atoms with Crippen LogP contribution >= 0.6 is 0 Å². The molecule has 0 aliphatic heterocycles. The maximum absolute atomic E-state index is 11.7. The third-order valence-corrected chi connectivity index (χ3v) is 2.63. The van der Waals surface area contributed by atoms with Gasteiger partial charge in [-0.2, -0.15) is 0 Å². The van der Waals surface area contributed by atoms with Crippen LogP contribution in [0.2, 0.25) is 0 Å². The lowest BCUT2D eigenvalue weighted by molar-refractivity contribution is 0.724. The van der Waals surface area contributed by atoms with Crippen LogP contribution in [-0.2, 0) is 6.54 Å². The Balaban J connectivity index is 2.54. The highest BCUT2D eigenvalue weighted by Gasteiger charge is 2.05. The van der Waals surface area contributed by atoms with E-state index in [4.69, 9.17) is 6.42 Å². The van der Waals surface area contributed by atoms with Crippen LogP contribution in [0.4, 0.5) is 0 Å². The van der Waals surface area contributed by atoms with Crippen molar-refractivity contribution in [3.63, 3.8) is 0 Å². The summed E-state index contributed by atoms with van der Waals surface area (Å²) < 4.78 is 3.45. The van der Waals surface area contributed by atoms with Crippen molar-refractivity contribution in [3.8, 4) is 18.0 Å². The molecule has 0 atom stereocenters. The molecule has 2 rings (SSSR count). The number of rotatable bonds is 2. The van der Waals surface area contributed by atoms with Crippen molar-refractivity contribution in [2.24, 2.45) is 0 Å². The van der Waals surface area contributed by atoms with Crippen molar-refractivity contribution in [2.45, 2.75) is 20.4 Å². The van der Waals surface area contributed by atoms with E-state index in [-0.39, 0.29) is 5.56 Å². The molecule has 0 N–H and O–H groups in total. The number of aryl methyl sites for hydroxylation is 2. The van der Waals surface area contributed by atoms with E-state index in [0.717, 1.165) is 11.5 Å². The molecule has 2 aromatic rings. The van der Waals surface area contributed by atoms with Gasteiger partial charge in [0.25, 0.3) is 5.56 Å². The molecule has 0 unspecified atom stereocenters. The Kier molecular flexibility index (Phi) is 2.84. The van der Waals surface area contributed by atoms with Gasteiger partial charge in [0.05, 0.1) is 5.69 Å². The maximum Gasteiger partial charge on any atom is 0.252 e. The molecule has 0 spiro atoms. The predicted octanol–water partition coefficient (Wildman–Crippen LogP) is 1.34. The summed E-state index contributed by atoms with van der Waals surface area (Å²) in [5, 5.41) is 0. The fourth-order valence-corrected chi connectivity index (χ4v) is 1.71. The zero-order valence-corrected chi connectivity index (χ0v) is 9.84. The van der Waals surface area contributed by atoms with E-state index in [2.05, 4.69) is 10.9 Å². The first-order valence-corrected chi connectivity index (χ1v) is 5.39. The fourth-order valence-electron chi connectivity index (χ4n) is 1.71. The van der Waals surface area contributed by atoms with Crippen LogP contribution in [0.3, 0.4) is 0 Å². The van der Waals surface area contributed by atoms with Crippen molar-refractivity contribution in [1.82, 2.24) is 14.1 Å². The summed E-state index contributed by atoms with van der Waals surface area (Å²) in [4.78, 5) is 15.9. The summed E-state index contributed by atoms with van der Waals surface area (Å²) in [7, 11) is 0. The normalized spacial score (nSPS) is 10.2. The monoisotopic (exact) mass is 227 g/mol. The molecule has 0 radical (unpaired) electrons. The zero-order chi connectivity index (χ0) is 12.4. The smallest absolute Gasteiger partial charge is 0.252 e. The van der Waals surface area contributed by atoms with Gasteiger partial charge in [-0.1, -0.05) is 0 Å². The largest absolute Gasteiger partial charge is 0.316 e. The molecule has 17 heavy (non-hydrogen) atoms. The lowest BCUT2D eigenvalue weighted by Gasteiger charge is -2.06. The average molecular weight is 227 g/mol. The highest BCUT2D eigenvalue weighted by Crippen LogP contribution is 2.09. The summed E-state index contributed by atoms with van der Waals surface area (Å²) >= 11 is 0. The molecule has 0 saturated carbocycles. The molecule has 2 heterocycles. The highest BCUT2D eigenvalue weighted by atomic mass is 16.1. The number of hydrogen-bond donors (Lipinski definition) is 0. The second-order valence-electron chi connectivity index (χ2n) is 3.70. The zero-order valence-electron chi connectivity index (χ0n) is 9.84. The Hall–Kier alpha value is -2.28. The molecular weight excluding hydrogens is 214 g/mol. The van der Waals surface area contributed by atoms with E-state index >= 15 is 0 Å². The van der Waals surface area contributed by atoms with Crippen LogP contribution in [0.25, 0.3) is 5.69 Å². The van der Waals surface area contributed by atoms with Crippen molar-refractivity contribution in [3.05, 3.63) is 46.4 Å². The average Bonchev–Trinajstić information content (AvgIpc) is 2.70. The standard InChI is InChI=1S/C13H13N3O/c1-4-11-9-16(10(3)14-11)12-6-7-15(5-2)13(17)8-12/h1,6-9H,5H2,2-3H3. The Morgan fingerprint density at radius 3 is 2.82 bits per heavy atom. The molecule has 86 valence electrons. The quantitative estimate of drug-likeness (QED) is 0.726. The number of pyridine rings is 1. The summed E-state index contributed by atoms with van der Waals surface area (Å²) in [6, 6.07) is 3.46. The molecule has 0 bridgehead atoms. The second kappa shape index (κ2) is 4.30. The minimum absolute atomic E-state index is 0.0274. The van der Waals surface area contributed by atoms with Gasteiger partial charge in [-0.3, -0.25) is 4.79 Å². The summed E-state index contributed by atoms with van der Waals surface area (Å²) in [6.07, 6.45) is 8.81. The van der Waals surface area contributed by atoms with Crippen molar-refractivity contribution >= 4 is 0 Å². The SMILES string of the molecule is C#Cc1cn(-c2ccn(CC)c(=O)c2)c(C)n1. The van der Waals surface area contributed by atoms with Crippen molar-refractivity contribution < 1.29 is 0 Å². The van der Waals surface area contributed by atoms with E-state index in [9.17, 15) is 4.79 Å². The maximum atomic E-state index is 11.7. The van der Waals surface area contributed by atoms with E-state index in [0.29, 0.717) is 12.2 Å². The predicted molar refractivity (Wildman–Crippen MR) is 66.2 cm³/mol. The Bertz CT molecular complexity index is 643. The van der Waals surface area contributed by atoms with E-state index < -0.39 is 0 Å². The highest BCUT2D eigenvalue weighted by molar-refractivity contribution is 5.35. The molecule has 2 aromatic heterocycles. The summed E-state index contributed by atoms with van der Waals surface area (Å²) in [5.74, 6) is 3.25. The van der Waals surface area contributed by atoms with Gasteiger partial charge in [0.2, 0.25) is 0 Å². The van der Waals surface area contributed by atoms with Gasteiger partial charge in [-0.05, 0) is 25.8 Å². The molecule has 0 fully saturated rings. The van der Waals surface area contributed by atoms with Gasteiger partial charge in [0.15, 0.2) is 0 Å². The molecule has 4 nitrogen and oxygen atoms in total. The number of imidazole rings is 1. The minimum Gasteiger partial charge on any atom is -0.316 e. The molecule has 0 amide bonds. The Morgan fingerprint density at radius 2 is 2.29 bits per heavy atom. The van der Waals surface area contributed by atoms with Gasteiger partial charge < -0.3 is 9.13 Å². The first kappa shape index (κ1) is 11.2. The number of aromatic nitrogens is 3. The number of nitrogens with zero attached hydrogens (tertiary/aromatic N) is 3. The van der Waals surface area contributed by atoms with Crippen LogP contribution < -0.4 is 5.56 Å². The van der Waals surface area contributed by atoms with Gasteiger partial charge in [-0.15, -0.1) is 6.42 Å². The van der Waals surface area contributed by atoms with Gasteiger partial charge in [0.1, 0.15) is 11.5 Å². The summed E-state index contributed by atoms with van der Waals surface area (Å²) in [5.41, 5.74) is 1.33. The van der Waals surface area contributed by atoms with E-state index in [1.54, 1.807) is 23.0 Å². The van der Waals surface area contributed by atoms with Gasteiger partial charge >= 0.3 is 0 Å². The Labute approximate surface area is 99.5 Å². The van der Waals surface area contributed by atoms with Gasteiger partial charge in [-0.25, -0.2) is 4.98 Å². The topological polar surface area (TPSA) is 39.8 Å². The molecule has 0 aliphatic carbocycles. The second-order valence-corrected chi connectivity index (χ2v) is 3.70. The van der Waals surface area contributed by atoms with Crippen LogP contribution in [0.15, 0.2) is 29.3 Å². The lowest BCUT2D eigenvalue weighted by atomic mass is 10.3. The lowest BCUT2D eigenvalue weighted by Crippen LogP contribution is -2.18. The molecule has 0 saturated heterocycles. The van der Waals surface area contributed by atoms with Gasteiger partial charge in [0, 0.05) is 25.0 Å². The first-order valence-electron chi connectivity index (χ1n) is 5.39. The molecular formula is C13H13N3O. The van der Waals surface area contributed by atoms with Crippen LogP contribution in [-0.4, -0.2) is 14.1 Å². The van der Waals surface area contributed by atoms with Crippen LogP contribution in [0.5, 0.6) is 0 Å². The number of terminal acetylenes is 1. The third kappa shape index (κ3) is 2.00. The third-order valence-electron chi connectivity index (χ3n) is 2.63. The van der Waals surface area contributed by atoms with E-state index in [1.165, 1.54) is 0 Å². The molecule has 0 aromatic carbocycles. The van der Waals surface area contributed by atoms with Crippen LogP contribution in [0.1, 0.15) is 18.4 Å². The minimum atomic E-state index is -0.0274. The van der Waals surface area contributed by atoms with Crippen LogP contribution in [0, 0.1) is 19.3 Å². The molecule has 4 heteroatoms. The number of hydrogen-bond acceptors (Lipinski definition) is 2. The molecule has 0 aliphatic rings. The van der Waals surface area contributed by atoms with Crippen molar-refractivity contribution in [2.75, 3.05) is 0 Å². The first-order chi connectivity index (χ1) is 8.15. The fraction of sp³-hybridized carbons (Fsp3) is 0.231. The van der Waals surface area contributed by atoms with Crippen molar-refractivity contribution in [1.29, 1.82) is 0 Å².